The summed E-state index contributed by atoms with van der Waals surface area (Å²) in [5.41, 5.74) is 1.03. The number of benzene rings is 1. The molecule has 122 valence electrons. The van der Waals surface area contributed by atoms with Crippen molar-refractivity contribution >= 4 is 11.8 Å². The summed E-state index contributed by atoms with van der Waals surface area (Å²) in [5.74, 6) is 0.748. The number of carbonyl (C=O) groups excluding carboxylic acids is 2. The zero-order valence-electron chi connectivity index (χ0n) is 14.0. The molecule has 6 heteroatoms. The third kappa shape index (κ3) is 5.73. The van der Waals surface area contributed by atoms with E-state index in [1.165, 1.54) is 4.90 Å². The summed E-state index contributed by atoms with van der Waals surface area (Å²) in [7, 11) is 8.55. The molecular weight excluding hydrogens is 282 g/mol. The number of amides is 2. The van der Waals surface area contributed by atoms with Crippen LogP contribution in [-0.2, 0) is 16.1 Å². The molecule has 22 heavy (non-hydrogen) atoms. The molecule has 0 aliphatic heterocycles. The van der Waals surface area contributed by atoms with E-state index in [1.54, 1.807) is 45.1 Å². The molecule has 0 saturated heterocycles. The van der Waals surface area contributed by atoms with Crippen LogP contribution in [0.4, 0.5) is 0 Å². The minimum absolute atomic E-state index is 0.0203. The zero-order chi connectivity index (χ0) is 16.7. The van der Waals surface area contributed by atoms with Gasteiger partial charge in [0.2, 0.25) is 11.8 Å². The van der Waals surface area contributed by atoms with Gasteiger partial charge in [-0.15, -0.1) is 0 Å². The van der Waals surface area contributed by atoms with Gasteiger partial charge in [-0.05, 0) is 24.7 Å². The quantitative estimate of drug-likeness (QED) is 0.743. The summed E-state index contributed by atoms with van der Waals surface area (Å²) >= 11 is 0. The minimum atomic E-state index is -0.0233. The van der Waals surface area contributed by atoms with Crippen LogP contribution in [0.15, 0.2) is 24.3 Å². The molecular formula is C16H25N3O3. The van der Waals surface area contributed by atoms with Crippen LogP contribution in [0.3, 0.4) is 0 Å². The summed E-state index contributed by atoms with van der Waals surface area (Å²) in [4.78, 5) is 28.7. The van der Waals surface area contributed by atoms with Crippen LogP contribution in [0.1, 0.15) is 5.56 Å². The zero-order valence-corrected chi connectivity index (χ0v) is 14.0. The molecule has 0 spiro atoms. The maximum Gasteiger partial charge on any atom is 0.236 e. The molecule has 0 unspecified atom stereocenters. The van der Waals surface area contributed by atoms with Crippen LogP contribution in [0, 0.1) is 0 Å². The van der Waals surface area contributed by atoms with Gasteiger partial charge in [0.25, 0.3) is 0 Å². The number of nitrogens with zero attached hydrogens (tertiary/aromatic N) is 3. The predicted molar refractivity (Wildman–Crippen MR) is 85.7 cm³/mol. The van der Waals surface area contributed by atoms with Crippen molar-refractivity contribution in [3.05, 3.63) is 29.8 Å². The third-order valence-corrected chi connectivity index (χ3v) is 3.31. The number of hydrogen-bond acceptors (Lipinski definition) is 4. The average Bonchev–Trinajstić information content (AvgIpc) is 2.47. The first kappa shape index (κ1) is 18.0. The Hall–Kier alpha value is -2.08. The second-order valence-electron chi connectivity index (χ2n) is 5.56. The Kier molecular flexibility index (Phi) is 6.85. The van der Waals surface area contributed by atoms with Gasteiger partial charge in [0.05, 0.1) is 20.2 Å². The van der Waals surface area contributed by atoms with Crippen LogP contribution in [0.2, 0.25) is 0 Å². The van der Waals surface area contributed by atoms with Crippen LogP contribution in [-0.4, -0.2) is 74.9 Å². The van der Waals surface area contributed by atoms with E-state index in [0.29, 0.717) is 6.54 Å². The van der Waals surface area contributed by atoms with Gasteiger partial charge in [0.1, 0.15) is 5.75 Å². The lowest BCUT2D eigenvalue weighted by atomic mass is 10.2. The van der Waals surface area contributed by atoms with Crippen molar-refractivity contribution < 1.29 is 14.3 Å². The molecule has 0 radical (unpaired) electrons. The van der Waals surface area contributed by atoms with Gasteiger partial charge in [-0.25, -0.2) is 0 Å². The van der Waals surface area contributed by atoms with E-state index in [-0.39, 0.29) is 24.9 Å². The Balaban J connectivity index is 2.48. The summed E-state index contributed by atoms with van der Waals surface area (Å²) in [6.07, 6.45) is 0. The fraction of sp³-hybridized carbons (Fsp3) is 0.500. The van der Waals surface area contributed by atoms with Gasteiger partial charge in [0.15, 0.2) is 0 Å². The van der Waals surface area contributed by atoms with E-state index in [0.717, 1.165) is 11.3 Å². The van der Waals surface area contributed by atoms with Gasteiger partial charge >= 0.3 is 0 Å². The van der Waals surface area contributed by atoms with Gasteiger partial charge in [-0.1, -0.05) is 12.1 Å². The summed E-state index contributed by atoms with van der Waals surface area (Å²) in [6.45, 7) is 0.972. The molecule has 0 aromatic heterocycles. The van der Waals surface area contributed by atoms with Crippen LogP contribution in [0.25, 0.3) is 0 Å². The molecule has 1 aromatic carbocycles. The number of likely N-dealkylation sites (N-methyl/N-ethyl adjacent to an activating group) is 3. The third-order valence-electron chi connectivity index (χ3n) is 3.31. The lowest BCUT2D eigenvalue weighted by molar-refractivity contribution is -0.133. The maximum absolute atomic E-state index is 12.2. The second-order valence-corrected chi connectivity index (χ2v) is 5.56. The van der Waals surface area contributed by atoms with Crippen molar-refractivity contribution in [2.24, 2.45) is 0 Å². The standard InChI is InChI=1S/C16H25N3O3/c1-17(2)15(20)11-18(3)12-16(21)19(4)10-13-6-8-14(22-5)9-7-13/h6-9H,10-12H2,1-5H3. The van der Waals surface area contributed by atoms with Crippen molar-refractivity contribution in [1.82, 2.24) is 14.7 Å². The normalized spacial score (nSPS) is 10.5. The number of carbonyl (C=O) groups is 2. The highest BCUT2D eigenvalue weighted by atomic mass is 16.5. The van der Waals surface area contributed by atoms with E-state index < -0.39 is 0 Å². The Morgan fingerprint density at radius 2 is 1.50 bits per heavy atom. The molecule has 0 aliphatic rings. The molecule has 0 heterocycles. The van der Waals surface area contributed by atoms with E-state index in [1.807, 2.05) is 24.3 Å². The van der Waals surface area contributed by atoms with Gasteiger partial charge in [0, 0.05) is 27.7 Å². The van der Waals surface area contributed by atoms with E-state index >= 15 is 0 Å². The first-order valence-corrected chi connectivity index (χ1v) is 7.09. The molecule has 0 bridgehead atoms. The Labute approximate surface area is 132 Å². The SMILES string of the molecule is COc1ccc(CN(C)C(=O)CN(C)CC(=O)N(C)C)cc1. The summed E-state index contributed by atoms with van der Waals surface area (Å²) < 4.78 is 5.11. The second kappa shape index (κ2) is 8.38. The molecule has 0 N–H and O–H groups in total. The number of ether oxygens (including phenoxy) is 1. The average molecular weight is 307 g/mol. The Morgan fingerprint density at radius 3 is 2.00 bits per heavy atom. The number of rotatable bonds is 7. The molecule has 0 atom stereocenters. The van der Waals surface area contributed by atoms with Crippen molar-refractivity contribution in [2.75, 3.05) is 48.4 Å². The first-order valence-electron chi connectivity index (χ1n) is 7.09. The molecule has 0 saturated carbocycles. The molecule has 6 nitrogen and oxygen atoms in total. The van der Waals surface area contributed by atoms with E-state index in [9.17, 15) is 9.59 Å². The summed E-state index contributed by atoms with van der Waals surface area (Å²) in [6, 6.07) is 7.61. The monoisotopic (exact) mass is 307 g/mol. The lowest BCUT2D eigenvalue weighted by Crippen LogP contribution is -2.41. The van der Waals surface area contributed by atoms with Crippen molar-refractivity contribution in [1.29, 1.82) is 0 Å². The topological polar surface area (TPSA) is 53.1 Å². The van der Waals surface area contributed by atoms with E-state index in [2.05, 4.69) is 0 Å². The highest BCUT2D eigenvalue weighted by Crippen LogP contribution is 2.12. The highest BCUT2D eigenvalue weighted by molar-refractivity contribution is 5.80. The number of methoxy groups -OCH3 is 1. The fourth-order valence-corrected chi connectivity index (χ4v) is 1.87. The van der Waals surface area contributed by atoms with Gasteiger partial charge < -0.3 is 14.5 Å². The Morgan fingerprint density at radius 1 is 0.955 bits per heavy atom. The van der Waals surface area contributed by atoms with Crippen molar-refractivity contribution in [3.8, 4) is 5.75 Å². The summed E-state index contributed by atoms with van der Waals surface area (Å²) in [5, 5.41) is 0. The lowest BCUT2D eigenvalue weighted by Gasteiger charge is -2.22. The first-order chi connectivity index (χ1) is 10.3. The molecule has 2 amide bonds. The highest BCUT2D eigenvalue weighted by Gasteiger charge is 2.15. The number of hydrogen-bond donors (Lipinski definition) is 0. The van der Waals surface area contributed by atoms with Crippen LogP contribution in [0.5, 0.6) is 5.75 Å². The minimum Gasteiger partial charge on any atom is -0.497 e. The fourth-order valence-electron chi connectivity index (χ4n) is 1.87. The van der Waals surface area contributed by atoms with Crippen LogP contribution < -0.4 is 4.74 Å². The maximum atomic E-state index is 12.2. The molecule has 1 rings (SSSR count). The molecule has 0 aliphatic carbocycles. The smallest absolute Gasteiger partial charge is 0.236 e. The van der Waals surface area contributed by atoms with Gasteiger partial charge in [-0.3, -0.25) is 14.5 Å². The van der Waals surface area contributed by atoms with Crippen molar-refractivity contribution in [2.45, 2.75) is 6.54 Å². The van der Waals surface area contributed by atoms with Gasteiger partial charge in [-0.2, -0.15) is 0 Å². The molecule has 0 fully saturated rings. The predicted octanol–water partition coefficient (Wildman–Crippen LogP) is 0.674. The van der Waals surface area contributed by atoms with Crippen LogP contribution >= 0.6 is 0 Å². The van der Waals surface area contributed by atoms with Crippen molar-refractivity contribution in [3.63, 3.8) is 0 Å². The molecule has 1 aromatic rings. The largest absolute Gasteiger partial charge is 0.497 e. The Bertz CT molecular complexity index is 500. The van der Waals surface area contributed by atoms with E-state index in [4.69, 9.17) is 4.74 Å².